The van der Waals surface area contributed by atoms with Crippen LogP contribution in [0.15, 0.2) is 43.0 Å². The minimum Gasteiger partial charge on any atom is -0.338 e. The Kier molecular flexibility index (Phi) is 4.77. The molecule has 0 aliphatic carbocycles. The second-order valence-electron chi connectivity index (χ2n) is 8.07. The number of carbonyl (C=O) groups excluding carboxylic acids is 1. The van der Waals surface area contributed by atoms with Crippen molar-refractivity contribution in [2.24, 2.45) is 0 Å². The van der Waals surface area contributed by atoms with Gasteiger partial charge in [-0.2, -0.15) is 0 Å². The third-order valence-corrected chi connectivity index (χ3v) is 5.54. The summed E-state index contributed by atoms with van der Waals surface area (Å²) < 4.78 is 28.6. The number of amides is 1. The maximum absolute atomic E-state index is 13.4. The van der Waals surface area contributed by atoms with Crippen molar-refractivity contribution in [3.63, 3.8) is 0 Å². The molecule has 0 N–H and O–H groups in total. The Balaban J connectivity index is 1.63. The number of halogens is 2. The fraction of sp³-hybridized carbons (Fsp3) is 0.364. The molecule has 3 aromatic heterocycles. The minimum atomic E-state index is -2.69. The fourth-order valence-corrected chi connectivity index (χ4v) is 3.53. The summed E-state index contributed by atoms with van der Waals surface area (Å²) >= 11 is 0. The average molecular weight is 409 g/mol. The van der Waals surface area contributed by atoms with E-state index in [-0.39, 0.29) is 31.8 Å². The van der Waals surface area contributed by atoms with Gasteiger partial charge in [-0.3, -0.25) is 14.3 Å². The molecule has 0 radical (unpaired) electrons. The highest BCUT2D eigenvalue weighted by molar-refractivity contribution is 5.97. The smallest absolute Gasteiger partial charge is 0.255 e. The van der Waals surface area contributed by atoms with Crippen LogP contribution in [-0.4, -0.2) is 44.4 Å². The van der Waals surface area contributed by atoms with Gasteiger partial charge in [0.2, 0.25) is 0 Å². The van der Waals surface area contributed by atoms with Gasteiger partial charge in [-0.25, -0.2) is 20.3 Å². The molecule has 0 spiro atoms. The maximum atomic E-state index is 13.4. The number of carbonyl (C=O) groups is 1. The Labute approximate surface area is 173 Å². The highest BCUT2D eigenvalue weighted by atomic mass is 19.3. The molecular formula is C22H21F2N5O. The number of nitrogens with zero attached hydrogens (tertiary/aromatic N) is 5. The topological polar surface area (TPSA) is 55.4 Å². The van der Waals surface area contributed by atoms with Gasteiger partial charge in [-0.1, -0.05) is 0 Å². The van der Waals surface area contributed by atoms with Crippen LogP contribution < -0.4 is 0 Å². The summed E-state index contributed by atoms with van der Waals surface area (Å²) in [6.07, 6.45) is 6.06. The van der Waals surface area contributed by atoms with Gasteiger partial charge in [0, 0.05) is 63.8 Å². The normalized spacial score (nSPS) is 16.4. The highest BCUT2D eigenvalue weighted by Crippen LogP contribution is 2.29. The number of likely N-dealkylation sites (tertiary alicyclic amines) is 1. The van der Waals surface area contributed by atoms with Crippen LogP contribution in [0.1, 0.15) is 42.6 Å². The zero-order valence-corrected chi connectivity index (χ0v) is 16.8. The number of aromatic nitrogens is 3. The second kappa shape index (κ2) is 7.17. The lowest BCUT2D eigenvalue weighted by atomic mass is 9.97. The molecule has 30 heavy (non-hydrogen) atoms. The monoisotopic (exact) mass is 409 g/mol. The highest BCUT2D eigenvalue weighted by Gasteiger charge is 2.36. The van der Waals surface area contributed by atoms with E-state index in [1.54, 1.807) is 18.5 Å². The number of alkyl halides is 2. The first-order valence-corrected chi connectivity index (χ1v) is 9.69. The fourth-order valence-electron chi connectivity index (χ4n) is 3.53. The molecule has 1 aliphatic rings. The second-order valence-corrected chi connectivity index (χ2v) is 8.07. The quantitative estimate of drug-likeness (QED) is 0.601. The van der Waals surface area contributed by atoms with Crippen molar-refractivity contribution in [2.75, 3.05) is 13.1 Å². The van der Waals surface area contributed by atoms with Crippen molar-refractivity contribution < 1.29 is 13.6 Å². The third-order valence-electron chi connectivity index (χ3n) is 5.54. The molecule has 0 atom stereocenters. The van der Waals surface area contributed by atoms with Crippen molar-refractivity contribution in [3.05, 3.63) is 65.5 Å². The number of pyridine rings is 2. The van der Waals surface area contributed by atoms with Gasteiger partial charge in [0.25, 0.3) is 17.4 Å². The van der Waals surface area contributed by atoms with E-state index in [9.17, 15) is 13.6 Å². The SMILES string of the molecule is [C-]#[N+]C(C)(C)c1cncc(-n2ccc3cc(C(=O)N4CCC(F)(F)CC4)cnc32)c1. The van der Waals surface area contributed by atoms with Gasteiger partial charge in [0.15, 0.2) is 0 Å². The van der Waals surface area contributed by atoms with Crippen LogP contribution >= 0.6 is 0 Å². The molecular weight excluding hydrogens is 388 g/mol. The Morgan fingerprint density at radius 1 is 1.20 bits per heavy atom. The molecule has 1 amide bonds. The summed E-state index contributed by atoms with van der Waals surface area (Å²) in [5.41, 5.74) is 1.90. The van der Waals surface area contributed by atoms with Gasteiger partial charge in [0.1, 0.15) is 5.65 Å². The standard InChI is InChI=1S/C22H21F2N5O/c1-21(2,25-3)17-11-18(14-26-13-17)29-7-4-15-10-16(12-27-19(15)29)20(30)28-8-5-22(23,24)6-9-28/h4,7,10-14H,5-6,8-9H2,1-2H3. The molecule has 0 aromatic carbocycles. The van der Waals surface area contributed by atoms with Crippen LogP contribution in [-0.2, 0) is 5.54 Å². The molecule has 8 heteroatoms. The van der Waals surface area contributed by atoms with Crippen molar-refractivity contribution in [3.8, 4) is 5.69 Å². The van der Waals surface area contributed by atoms with Crippen molar-refractivity contribution in [2.45, 2.75) is 38.2 Å². The van der Waals surface area contributed by atoms with Crippen molar-refractivity contribution >= 4 is 16.9 Å². The molecule has 3 aromatic rings. The predicted molar refractivity (Wildman–Crippen MR) is 109 cm³/mol. The first-order chi connectivity index (χ1) is 14.2. The van der Waals surface area contributed by atoms with Gasteiger partial charge in [0.05, 0.1) is 23.0 Å². The van der Waals surface area contributed by atoms with Crippen LogP contribution in [0.2, 0.25) is 0 Å². The number of hydrogen-bond donors (Lipinski definition) is 0. The lowest BCUT2D eigenvalue weighted by molar-refractivity contribution is -0.0494. The van der Waals surface area contributed by atoms with E-state index >= 15 is 0 Å². The maximum Gasteiger partial charge on any atom is 0.255 e. The average Bonchev–Trinajstić information content (AvgIpc) is 3.16. The minimum absolute atomic E-state index is 0.0418. The van der Waals surface area contributed by atoms with E-state index in [0.717, 1.165) is 16.6 Å². The van der Waals surface area contributed by atoms with Crippen LogP contribution in [0.5, 0.6) is 0 Å². The Morgan fingerprint density at radius 2 is 1.93 bits per heavy atom. The molecule has 1 fully saturated rings. The molecule has 154 valence electrons. The molecule has 0 unspecified atom stereocenters. The van der Waals surface area contributed by atoms with E-state index in [2.05, 4.69) is 14.8 Å². The van der Waals surface area contributed by atoms with Gasteiger partial charge in [-0.05, 0) is 18.2 Å². The number of piperidine rings is 1. The Morgan fingerprint density at radius 3 is 2.63 bits per heavy atom. The molecule has 4 heterocycles. The molecule has 6 nitrogen and oxygen atoms in total. The van der Waals surface area contributed by atoms with Gasteiger partial charge in [-0.15, -0.1) is 0 Å². The van der Waals surface area contributed by atoms with Crippen LogP contribution in [0.3, 0.4) is 0 Å². The largest absolute Gasteiger partial charge is 0.338 e. The summed E-state index contributed by atoms with van der Waals surface area (Å²) in [5.74, 6) is -2.98. The Hall–Kier alpha value is -3.34. The third kappa shape index (κ3) is 3.63. The predicted octanol–water partition coefficient (Wildman–Crippen LogP) is 4.45. The van der Waals surface area contributed by atoms with Crippen LogP contribution in [0, 0.1) is 6.57 Å². The van der Waals surface area contributed by atoms with E-state index in [4.69, 9.17) is 6.57 Å². The van der Waals surface area contributed by atoms with E-state index in [1.807, 2.05) is 36.7 Å². The van der Waals surface area contributed by atoms with Gasteiger partial charge < -0.3 is 9.74 Å². The van der Waals surface area contributed by atoms with Crippen LogP contribution in [0.25, 0.3) is 21.6 Å². The first-order valence-electron chi connectivity index (χ1n) is 9.69. The summed E-state index contributed by atoms with van der Waals surface area (Å²) in [6, 6.07) is 5.48. The summed E-state index contributed by atoms with van der Waals surface area (Å²) in [5, 5.41) is 0.762. The molecule has 0 bridgehead atoms. The first kappa shape index (κ1) is 20.0. The van der Waals surface area contributed by atoms with E-state index < -0.39 is 11.5 Å². The summed E-state index contributed by atoms with van der Waals surface area (Å²) in [4.78, 5) is 26.5. The van der Waals surface area contributed by atoms with Gasteiger partial charge >= 0.3 is 0 Å². The number of hydrogen-bond acceptors (Lipinski definition) is 3. The van der Waals surface area contributed by atoms with Crippen molar-refractivity contribution in [1.29, 1.82) is 0 Å². The van der Waals surface area contributed by atoms with Crippen molar-refractivity contribution in [1.82, 2.24) is 19.4 Å². The molecule has 1 aliphatic heterocycles. The Bertz CT molecular complexity index is 1150. The lowest BCUT2D eigenvalue weighted by Crippen LogP contribution is -2.42. The zero-order chi connectivity index (χ0) is 21.5. The summed E-state index contributed by atoms with van der Waals surface area (Å²) in [7, 11) is 0. The van der Waals surface area contributed by atoms with Crippen LogP contribution in [0.4, 0.5) is 8.78 Å². The summed E-state index contributed by atoms with van der Waals surface area (Å²) in [6.45, 7) is 11.1. The molecule has 4 rings (SSSR count). The lowest BCUT2D eigenvalue weighted by Gasteiger charge is -2.31. The number of fused-ring (bicyclic) bond motifs is 1. The van der Waals surface area contributed by atoms with E-state index in [1.165, 1.54) is 11.1 Å². The van der Waals surface area contributed by atoms with E-state index in [0.29, 0.717) is 11.2 Å². The molecule has 1 saturated heterocycles. The zero-order valence-electron chi connectivity index (χ0n) is 16.8. The molecule has 0 saturated carbocycles. The number of rotatable bonds is 3.